The molecule has 1 fully saturated rings. The fraction of sp³-hybridized carbons (Fsp3) is 0.400. The Morgan fingerprint density at radius 1 is 1.18 bits per heavy atom. The number of aromatic nitrogens is 4. The first-order valence-electron chi connectivity index (χ1n) is 9.55. The lowest BCUT2D eigenvalue weighted by Crippen LogP contribution is -2.41. The van der Waals surface area contributed by atoms with Gasteiger partial charge in [0.25, 0.3) is 0 Å². The van der Waals surface area contributed by atoms with Gasteiger partial charge >= 0.3 is 0 Å². The van der Waals surface area contributed by atoms with E-state index >= 15 is 0 Å². The predicted octanol–water partition coefficient (Wildman–Crippen LogP) is 1.71. The minimum atomic E-state index is 0.0609. The molecule has 1 aromatic carbocycles. The van der Waals surface area contributed by atoms with Crippen molar-refractivity contribution >= 4 is 17.4 Å². The van der Waals surface area contributed by atoms with Gasteiger partial charge in [0.2, 0.25) is 5.91 Å². The van der Waals surface area contributed by atoms with Crippen LogP contribution in [0.1, 0.15) is 18.4 Å². The van der Waals surface area contributed by atoms with E-state index < -0.39 is 0 Å². The molecular formula is C20H24N6O2. The summed E-state index contributed by atoms with van der Waals surface area (Å²) in [5.41, 5.74) is 1.92. The highest BCUT2D eigenvalue weighted by molar-refractivity contribution is 5.79. The van der Waals surface area contributed by atoms with E-state index in [1.807, 2.05) is 36.4 Å². The van der Waals surface area contributed by atoms with Crippen LogP contribution in [-0.4, -0.2) is 52.5 Å². The van der Waals surface area contributed by atoms with Crippen LogP contribution in [0.2, 0.25) is 0 Å². The Labute approximate surface area is 163 Å². The van der Waals surface area contributed by atoms with E-state index in [0.29, 0.717) is 6.54 Å². The van der Waals surface area contributed by atoms with E-state index in [1.165, 1.54) is 5.56 Å². The number of fused-ring (bicyclic) bond motifs is 1. The Hall–Kier alpha value is -3.16. The Kier molecular flexibility index (Phi) is 5.36. The first-order chi connectivity index (χ1) is 13.7. The number of anilines is 1. The average Bonchev–Trinajstić information content (AvgIpc) is 3.22. The van der Waals surface area contributed by atoms with E-state index in [9.17, 15) is 4.79 Å². The van der Waals surface area contributed by atoms with Gasteiger partial charge in [0.15, 0.2) is 5.65 Å². The van der Waals surface area contributed by atoms with Gasteiger partial charge in [-0.3, -0.25) is 4.79 Å². The zero-order valence-electron chi connectivity index (χ0n) is 15.9. The largest absolute Gasteiger partial charge is 0.497 e. The van der Waals surface area contributed by atoms with Crippen molar-refractivity contribution in [3.8, 4) is 5.75 Å². The SMILES string of the molecule is COc1ccc(CCNC(=O)C2CCN(c3ccc4nncn4n3)CC2)cc1. The third kappa shape index (κ3) is 4.05. The predicted molar refractivity (Wildman–Crippen MR) is 105 cm³/mol. The molecule has 0 aliphatic carbocycles. The highest BCUT2D eigenvalue weighted by Gasteiger charge is 2.25. The van der Waals surface area contributed by atoms with Crippen molar-refractivity contribution in [2.24, 2.45) is 5.92 Å². The number of carbonyl (C=O) groups is 1. The summed E-state index contributed by atoms with van der Waals surface area (Å²) >= 11 is 0. The minimum Gasteiger partial charge on any atom is -0.497 e. The monoisotopic (exact) mass is 380 g/mol. The molecule has 146 valence electrons. The quantitative estimate of drug-likeness (QED) is 0.701. The zero-order chi connectivity index (χ0) is 19.3. The summed E-state index contributed by atoms with van der Waals surface area (Å²) in [5, 5.41) is 15.4. The lowest BCUT2D eigenvalue weighted by Gasteiger charge is -2.32. The summed E-state index contributed by atoms with van der Waals surface area (Å²) in [4.78, 5) is 14.7. The van der Waals surface area contributed by atoms with Gasteiger partial charge in [-0.2, -0.15) is 4.52 Å². The number of carbonyl (C=O) groups excluding carboxylic acids is 1. The van der Waals surface area contributed by atoms with Crippen molar-refractivity contribution in [2.75, 3.05) is 31.6 Å². The molecule has 2 aromatic heterocycles. The van der Waals surface area contributed by atoms with Crippen LogP contribution >= 0.6 is 0 Å². The second-order valence-electron chi connectivity index (χ2n) is 6.98. The molecule has 1 aliphatic heterocycles. The zero-order valence-corrected chi connectivity index (χ0v) is 15.9. The topological polar surface area (TPSA) is 84.6 Å². The second kappa shape index (κ2) is 8.24. The van der Waals surface area contributed by atoms with Gasteiger partial charge in [-0.15, -0.1) is 15.3 Å². The van der Waals surface area contributed by atoms with Crippen LogP contribution in [-0.2, 0) is 11.2 Å². The maximum atomic E-state index is 12.5. The van der Waals surface area contributed by atoms with Gasteiger partial charge in [0, 0.05) is 25.6 Å². The second-order valence-corrected chi connectivity index (χ2v) is 6.98. The summed E-state index contributed by atoms with van der Waals surface area (Å²) in [6, 6.07) is 11.8. The van der Waals surface area contributed by atoms with Crippen molar-refractivity contribution in [1.29, 1.82) is 0 Å². The number of ether oxygens (including phenoxy) is 1. The molecule has 4 rings (SSSR count). The highest BCUT2D eigenvalue weighted by Crippen LogP contribution is 2.22. The van der Waals surface area contributed by atoms with Crippen molar-refractivity contribution in [3.05, 3.63) is 48.3 Å². The Balaban J connectivity index is 1.24. The molecule has 28 heavy (non-hydrogen) atoms. The van der Waals surface area contributed by atoms with E-state index in [1.54, 1.807) is 18.0 Å². The van der Waals surface area contributed by atoms with Gasteiger partial charge in [-0.1, -0.05) is 12.1 Å². The molecule has 3 aromatic rings. The Bertz CT molecular complexity index is 931. The standard InChI is InChI=1S/C20H24N6O2/c1-28-17-4-2-15(3-5-17)8-11-21-20(27)16-9-12-25(13-10-16)19-7-6-18-23-22-14-26(18)24-19/h2-7,14,16H,8-13H2,1H3,(H,21,27). The Morgan fingerprint density at radius 2 is 1.96 bits per heavy atom. The average molecular weight is 380 g/mol. The van der Waals surface area contributed by atoms with Crippen LogP contribution in [0.4, 0.5) is 5.82 Å². The number of nitrogens with zero attached hydrogens (tertiary/aromatic N) is 5. The molecule has 1 N–H and O–H groups in total. The molecule has 1 saturated heterocycles. The van der Waals surface area contributed by atoms with Gasteiger partial charge in [0.1, 0.15) is 17.9 Å². The summed E-state index contributed by atoms with van der Waals surface area (Å²) in [6.07, 6.45) is 4.08. The minimum absolute atomic E-state index is 0.0609. The third-order valence-electron chi connectivity index (χ3n) is 5.21. The van der Waals surface area contributed by atoms with Gasteiger partial charge in [-0.25, -0.2) is 0 Å². The molecule has 0 saturated carbocycles. The molecule has 8 heteroatoms. The van der Waals surface area contributed by atoms with Crippen molar-refractivity contribution in [1.82, 2.24) is 25.1 Å². The van der Waals surface area contributed by atoms with E-state index in [-0.39, 0.29) is 11.8 Å². The van der Waals surface area contributed by atoms with Crippen molar-refractivity contribution in [3.63, 3.8) is 0 Å². The highest BCUT2D eigenvalue weighted by atomic mass is 16.5. The van der Waals surface area contributed by atoms with Crippen molar-refractivity contribution in [2.45, 2.75) is 19.3 Å². The third-order valence-corrected chi connectivity index (χ3v) is 5.21. The van der Waals surface area contributed by atoms with Crippen LogP contribution in [0.25, 0.3) is 5.65 Å². The summed E-state index contributed by atoms with van der Waals surface area (Å²) in [6.45, 7) is 2.28. The maximum absolute atomic E-state index is 12.5. The smallest absolute Gasteiger partial charge is 0.223 e. The molecule has 3 heterocycles. The van der Waals surface area contributed by atoms with Crippen LogP contribution in [0.15, 0.2) is 42.7 Å². The molecule has 1 amide bonds. The van der Waals surface area contributed by atoms with Crippen LogP contribution in [0, 0.1) is 5.92 Å². The van der Waals surface area contributed by atoms with Crippen LogP contribution in [0.5, 0.6) is 5.75 Å². The van der Waals surface area contributed by atoms with E-state index in [4.69, 9.17) is 4.74 Å². The number of piperidine rings is 1. The van der Waals surface area contributed by atoms with Crippen LogP contribution in [0.3, 0.4) is 0 Å². The number of hydrogen-bond acceptors (Lipinski definition) is 6. The number of methoxy groups -OCH3 is 1. The van der Waals surface area contributed by atoms with Crippen LogP contribution < -0.4 is 15.0 Å². The molecule has 0 radical (unpaired) electrons. The maximum Gasteiger partial charge on any atom is 0.223 e. The fourth-order valence-electron chi connectivity index (χ4n) is 3.52. The number of rotatable bonds is 6. The molecule has 8 nitrogen and oxygen atoms in total. The normalized spacial score (nSPS) is 15.0. The number of nitrogens with one attached hydrogen (secondary N) is 1. The fourth-order valence-corrected chi connectivity index (χ4v) is 3.52. The number of hydrogen-bond donors (Lipinski definition) is 1. The first-order valence-corrected chi connectivity index (χ1v) is 9.55. The Morgan fingerprint density at radius 3 is 2.71 bits per heavy atom. The lowest BCUT2D eigenvalue weighted by atomic mass is 9.96. The summed E-state index contributed by atoms with van der Waals surface area (Å²) < 4.78 is 6.84. The summed E-state index contributed by atoms with van der Waals surface area (Å²) in [7, 11) is 1.66. The van der Waals surface area contributed by atoms with E-state index in [2.05, 4.69) is 25.5 Å². The van der Waals surface area contributed by atoms with Gasteiger partial charge in [-0.05, 0) is 49.1 Å². The molecule has 0 unspecified atom stereocenters. The van der Waals surface area contributed by atoms with Gasteiger partial charge in [0.05, 0.1) is 7.11 Å². The number of amides is 1. The molecule has 0 spiro atoms. The lowest BCUT2D eigenvalue weighted by molar-refractivity contribution is -0.125. The van der Waals surface area contributed by atoms with Gasteiger partial charge < -0.3 is 15.0 Å². The summed E-state index contributed by atoms with van der Waals surface area (Å²) in [5.74, 6) is 1.95. The molecule has 0 bridgehead atoms. The van der Waals surface area contributed by atoms with Crippen molar-refractivity contribution < 1.29 is 9.53 Å². The molecule has 0 atom stereocenters. The molecular weight excluding hydrogens is 356 g/mol. The van der Waals surface area contributed by atoms with E-state index in [0.717, 1.165) is 49.6 Å². The first kappa shape index (κ1) is 18.2. The number of benzene rings is 1. The molecule has 1 aliphatic rings.